The number of amidine groups is 1. The maximum Gasteiger partial charge on any atom is 0.418 e. The predicted octanol–water partition coefficient (Wildman–Crippen LogP) is 2.50. The standard InChI is InChI=1S/C12H15F3N4O/c1-19(7-6-10(16)17)11(20)18-9-5-3-2-4-8(9)12(13,14)15/h2-5H,6-7H2,1H3,(H3,16,17)(H,18,20). The van der Waals surface area contributed by atoms with Crippen molar-refractivity contribution in [1.82, 2.24) is 4.90 Å². The number of halogens is 3. The Morgan fingerprint density at radius 3 is 2.55 bits per heavy atom. The molecule has 0 saturated carbocycles. The minimum atomic E-state index is -4.54. The van der Waals surface area contributed by atoms with Crippen molar-refractivity contribution >= 4 is 17.6 Å². The van der Waals surface area contributed by atoms with Gasteiger partial charge in [0.1, 0.15) is 0 Å². The van der Waals surface area contributed by atoms with Gasteiger partial charge >= 0.3 is 12.2 Å². The lowest BCUT2D eigenvalue weighted by atomic mass is 10.1. The zero-order valence-electron chi connectivity index (χ0n) is 10.8. The lowest BCUT2D eigenvalue weighted by molar-refractivity contribution is -0.136. The molecular weight excluding hydrogens is 273 g/mol. The molecule has 0 aromatic heterocycles. The number of carbonyl (C=O) groups excluding carboxylic acids is 1. The summed E-state index contributed by atoms with van der Waals surface area (Å²) in [4.78, 5) is 12.9. The molecule has 1 aromatic carbocycles. The highest BCUT2D eigenvalue weighted by Gasteiger charge is 2.33. The highest BCUT2D eigenvalue weighted by atomic mass is 19.4. The molecular formula is C12H15F3N4O. The van der Waals surface area contributed by atoms with Crippen LogP contribution in [0.1, 0.15) is 12.0 Å². The molecule has 2 amide bonds. The van der Waals surface area contributed by atoms with Gasteiger partial charge in [0, 0.05) is 20.0 Å². The van der Waals surface area contributed by atoms with Crippen LogP contribution in [0.25, 0.3) is 0 Å². The summed E-state index contributed by atoms with van der Waals surface area (Å²) in [6.45, 7) is 0.148. The third-order valence-electron chi connectivity index (χ3n) is 2.54. The molecule has 0 atom stereocenters. The summed E-state index contributed by atoms with van der Waals surface area (Å²) in [5, 5.41) is 9.23. The Balaban J connectivity index is 2.78. The Morgan fingerprint density at radius 2 is 2.00 bits per heavy atom. The third kappa shape index (κ3) is 4.45. The van der Waals surface area contributed by atoms with Gasteiger partial charge in [0.25, 0.3) is 0 Å². The normalized spacial score (nSPS) is 11.0. The predicted molar refractivity (Wildman–Crippen MR) is 69.6 cm³/mol. The van der Waals surface area contributed by atoms with Crippen LogP contribution in [0.3, 0.4) is 0 Å². The number of carbonyl (C=O) groups is 1. The number of alkyl halides is 3. The molecule has 5 nitrogen and oxygen atoms in total. The monoisotopic (exact) mass is 288 g/mol. The summed E-state index contributed by atoms with van der Waals surface area (Å²) in [6.07, 6.45) is -4.38. The smallest absolute Gasteiger partial charge is 0.388 e. The molecule has 0 aliphatic heterocycles. The number of rotatable bonds is 4. The summed E-state index contributed by atoms with van der Waals surface area (Å²) in [7, 11) is 1.41. The van der Waals surface area contributed by atoms with Gasteiger partial charge in [-0.1, -0.05) is 12.1 Å². The fraction of sp³-hybridized carbons (Fsp3) is 0.333. The van der Waals surface area contributed by atoms with Crippen LogP contribution in [0, 0.1) is 5.41 Å². The van der Waals surface area contributed by atoms with E-state index in [0.29, 0.717) is 0 Å². The summed E-state index contributed by atoms with van der Waals surface area (Å²) >= 11 is 0. The van der Waals surface area contributed by atoms with Gasteiger partial charge in [0.15, 0.2) is 0 Å². The van der Waals surface area contributed by atoms with Crippen molar-refractivity contribution in [3.63, 3.8) is 0 Å². The summed E-state index contributed by atoms with van der Waals surface area (Å²) in [5.41, 5.74) is 3.94. The van der Waals surface area contributed by atoms with Crippen LogP contribution in [0.15, 0.2) is 24.3 Å². The van der Waals surface area contributed by atoms with Crippen LogP contribution in [0.4, 0.5) is 23.7 Å². The zero-order valence-corrected chi connectivity index (χ0v) is 10.8. The lowest BCUT2D eigenvalue weighted by Crippen LogP contribution is -2.34. The van der Waals surface area contributed by atoms with Crippen molar-refractivity contribution in [2.45, 2.75) is 12.6 Å². The maximum atomic E-state index is 12.7. The van der Waals surface area contributed by atoms with Gasteiger partial charge in [-0.05, 0) is 12.1 Å². The molecule has 20 heavy (non-hydrogen) atoms. The quantitative estimate of drug-likeness (QED) is 0.587. The summed E-state index contributed by atoms with van der Waals surface area (Å²) in [5.74, 6) is -0.0969. The average Bonchev–Trinajstić information content (AvgIpc) is 2.35. The minimum Gasteiger partial charge on any atom is -0.388 e. The topological polar surface area (TPSA) is 82.2 Å². The third-order valence-corrected chi connectivity index (χ3v) is 2.54. The van der Waals surface area contributed by atoms with Crippen molar-refractivity contribution in [3.05, 3.63) is 29.8 Å². The zero-order chi connectivity index (χ0) is 15.3. The molecule has 0 heterocycles. The Hall–Kier alpha value is -2.25. The fourth-order valence-corrected chi connectivity index (χ4v) is 1.44. The van der Waals surface area contributed by atoms with E-state index in [-0.39, 0.29) is 24.5 Å². The summed E-state index contributed by atoms with van der Waals surface area (Å²) in [6, 6.07) is 4.03. The number of hydrogen-bond acceptors (Lipinski definition) is 2. The van der Waals surface area contributed by atoms with Crippen LogP contribution < -0.4 is 11.1 Å². The molecule has 0 fully saturated rings. The second-order valence-electron chi connectivity index (χ2n) is 4.17. The molecule has 0 saturated heterocycles. The Labute approximate surface area is 114 Å². The van der Waals surface area contributed by atoms with E-state index in [1.807, 2.05) is 0 Å². The van der Waals surface area contributed by atoms with E-state index in [9.17, 15) is 18.0 Å². The first-order chi connectivity index (χ1) is 9.21. The van der Waals surface area contributed by atoms with E-state index in [1.165, 1.54) is 25.2 Å². The van der Waals surface area contributed by atoms with Gasteiger partial charge in [-0.3, -0.25) is 5.41 Å². The molecule has 4 N–H and O–H groups in total. The Kier molecular flexibility index (Phi) is 4.95. The molecule has 0 spiro atoms. The molecule has 0 aliphatic rings. The lowest BCUT2D eigenvalue weighted by Gasteiger charge is -2.19. The maximum absolute atomic E-state index is 12.7. The number of nitrogens with zero attached hydrogens (tertiary/aromatic N) is 1. The van der Waals surface area contributed by atoms with Gasteiger partial charge in [-0.15, -0.1) is 0 Å². The molecule has 0 aliphatic carbocycles. The largest absolute Gasteiger partial charge is 0.418 e. The van der Waals surface area contributed by atoms with E-state index in [4.69, 9.17) is 11.1 Å². The van der Waals surface area contributed by atoms with Crippen LogP contribution in [0.5, 0.6) is 0 Å². The van der Waals surface area contributed by atoms with E-state index in [2.05, 4.69) is 5.32 Å². The van der Waals surface area contributed by atoms with Gasteiger partial charge in [0.05, 0.1) is 17.1 Å². The van der Waals surface area contributed by atoms with Gasteiger partial charge < -0.3 is 16.0 Å². The second kappa shape index (κ2) is 6.27. The van der Waals surface area contributed by atoms with Crippen molar-refractivity contribution in [1.29, 1.82) is 5.41 Å². The highest BCUT2D eigenvalue weighted by Crippen LogP contribution is 2.34. The van der Waals surface area contributed by atoms with Crippen LogP contribution >= 0.6 is 0 Å². The molecule has 0 radical (unpaired) electrons. The van der Waals surface area contributed by atoms with Crippen molar-refractivity contribution in [2.24, 2.45) is 5.73 Å². The van der Waals surface area contributed by atoms with E-state index >= 15 is 0 Å². The number of hydrogen-bond donors (Lipinski definition) is 3. The average molecular weight is 288 g/mol. The SMILES string of the molecule is CN(CCC(=N)N)C(=O)Nc1ccccc1C(F)(F)F. The van der Waals surface area contributed by atoms with Crippen molar-refractivity contribution < 1.29 is 18.0 Å². The number of amides is 2. The Morgan fingerprint density at radius 1 is 1.40 bits per heavy atom. The fourth-order valence-electron chi connectivity index (χ4n) is 1.44. The van der Waals surface area contributed by atoms with Crippen LogP contribution in [-0.2, 0) is 6.18 Å². The molecule has 0 unspecified atom stereocenters. The molecule has 1 rings (SSSR count). The number of para-hydroxylation sites is 1. The number of nitrogens with one attached hydrogen (secondary N) is 2. The molecule has 1 aromatic rings. The van der Waals surface area contributed by atoms with Gasteiger partial charge in [0.2, 0.25) is 0 Å². The first-order valence-electron chi connectivity index (χ1n) is 5.73. The number of nitrogens with two attached hydrogens (primary N) is 1. The molecule has 0 bridgehead atoms. The Bertz CT molecular complexity index is 502. The number of urea groups is 1. The molecule has 110 valence electrons. The van der Waals surface area contributed by atoms with E-state index in [0.717, 1.165) is 11.0 Å². The minimum absolute atomic E-state index is 0.0969. The highest BCUT2D eigenvalue weighted by molar-refractivity contribution is 5.90. The first kappa shape index (κ1) is 15.8. The van der Waals surface area contributed by atoms with Crippen LogP contribution in [-0.4, -0.2) is 30.4 Å². The summed E-state index contributed by atoms with van der Waals surface area (Å²) < 4.78 is 38.2. The van der Waals surface area contributed by atoms with Crippen molar-refractivity contribution in [2.75, 3.05) is 18.9 Å². The number of anilines is 1. The van der Waals surface area contributed by atoms with Gasteiger partial charge in [-0.2, -0.15) is 13.2 Å². The van der Waals surface area contributed by atoms with Crippen molar-refractivity contribution in [3.8, 4) is 0 Å². The van der Waals surface area contributed by atoms with Gasteiger partial charge in [-0.25, -0.2) is 4.79 Å². The van der Waals surface area contributed by atoms with E-state index < -0.39 is 17.8 Å². The van der Waals surface area contributed by atoms with E-state index in [1.54, 1.807) is 0 Å². The first-order valence-corrected chi connectivity index (χ1v) is 5.73. The van der Waals surface area contributed by atoms with Crippen LogP contribution in [0.2, 0.25) is 0 Å². The number of benzene rings is 1. The second-order valence-corrected chi connectivity index (χ2v) is 4.17. The molecule has 8 heteroatoms.